The van der Waals surface area contributed by atoms with Crippen LogP contribution in [-0.4, -0.2) is 23.9 Å². The lowest BCUT2D eigenvalue weighted by molar-refractivity contribution is 0.415. The van der Waals surface area contributed by atoms with Crippen molar-refractivity contribution in [3.63, 3.8) is 0 Å². The molecule has 96 valence electrons. The molecular weight excluding hydrogens is 250 g/mol. The number of halogens is 1. The van der Waals surface area contributed by atoms with E-state index in [1.54, 1.807) is 7.11 Å². The highest BCUT2D eigenvalue weighted by Crippen LogP contribution is 2.32. The fourth-order valence-electron chi connectivity index (χ4n) is 1.87. The van der Waals surface area contributed by atoms with Gasteiger partial charge < -0.3 is 10.5 Å². The predicted molar refractivity (Wildman–Crippen MR) is 73.1 cm³/mol. The highest BCUT2D eigenvalue weighted by atomic mass is 35.5. The van der Waals surface area contributed by atoms with Crippen LogP contribution in [0.4, 0.5) is 0 Å². The molecule has 0 saturated heterocycles. The SMILES string of the molecule is COc1cc(C)c(-c2cc(CCN)[nH]n2)cc1Cl. The van der Waals surface area contributed by atoms with Crippen molar-refractivity contribution < 1.29 is 4.74 Å². The third-order valence-electron chi connectivity index (χ3n) is 2.82. The molecule has 0 aliphatic carbocycles. The average molecular weight is 266 g/mol. The summed E-state index contributed by atoms with van der Waals surface area (Å²) in [6, 6.07) is 5.78. The smallest absolute Gasteiger partial charge is 0.137 e. The van der Waals surface area contributed by atoms with Gasteiger partial charge in [-0.2, -0.15) is 5.10 Å². The number of rotatable bonds is 4. The highest BCUT2D eigenvalue weighted by Gasteiger charge is 2.10. The Balaban J connectivity index is 2.40. The lowest BCUT2D eigenvalue weighted by atomic mass is 10.0. The van der Waals surface area contributed by atoms with Gasteiger partial charge in [0.2, 0.25) is 0 Å². The molecule has 0 aliphatic heterocycles. The number of hydrogen-bond donors (Lipinski definition) is 2. The number of nitrogens with one attached hydrogen (secondary N) is 1. The van der Waals surface area contributed by atoms with Crippen molar-refractivity contribution >= 4 is 11.6 Å². The van der Waals surface area contributed by atoms with Gasteiger partial charge in [-0.3, -0.25) is 5.10 Å². The minimum Gasteiger partial charge on any atom is -0.495 e. The Kier molecular flexibility index (Phi) is 3.89. The number of methoxy groups -OCH3 is 1. The maximum Gasteiger partial charge on any atom is 0.137 e. The minimum absolute atomic E-state index is 0.585. The van der Waals surface area contributed by atoms with Crippen LogP contribution >= 0.6 is 11.6 Å². The van der Waals surface area contributed by atoms with Gasteiger partial charge in [-0.1, -0.05) is 11.6 Å². The van der Waals surface area contributed by atoms with Crippen LogP contribution in [0.5, 0.6) is 5.75 Å². The summed E-state index contributed by atoms with van der Waals surface area (Å²) in [6.45, 7) is 2.61. The number of hydrogen-bond acceptors (Lipinski definition) is 3. The summed E-state index contributed by atoms with van der Waals surface area (Å²) < 4.78 is 5.18. The Bertz CT molecular complexity index is 551. The third-order valence-corrected chi connectivity index (χ3v) is 3.11. The Morgan fingerprint density at radius 3 is 2.83 bits per heavy atom. The van der Waals surface area contributed by atoms with E-state index in [9.17, 15) is 0 Å². The van der Waals surface area contributed by atoms with Crippen LogP contribution in [0.25, 0.3) is 11.3 Å². The number of benzene rings is 1. The van der Waals surface area contributed by atoms with E-state index < -0.39 is 0 Å². The zero-order valence-corrected chi connectivity index (χ0v) is 11.2. The first kappa shape index (κ1) is 12.9. The first-order valence-corrected chi connectivity index (χ1v) is 6.12. The summed E-state index contributed by atoms with van der Waals surface area (Å²) in [7, 11) is 1.61. The molecule has 2 rings (SSSR count). The second kappa shape index (κ2) is 5.42. The van der Waals surface area contributed by atoms with Crippen LogP contribution in [0.2, 0.25) is 5.02 Å². The summed E-state index contributed by atoms with van der Waals surface area (Å²) in [5, 5.41) is 7.84. The van der Waals surface area contributed by atoms with E-state index in [0.717, 1.165) is 28.9 Å². The van der Waals surface area contributed by atoms with Crippen molar-refractivity contribution in [2.45, 2.75) is 13.3 Å². The predicted octanol–water partition coefficient (Wildman–Crippen LogP) is 2.55. The molecule has 2 aromatic rings. The fourth-order valence-corrected chi connectivity index (χ4v) is 2.11. The van der Waals surface area contributed by atoms with Gasteiger partial charge in [0.15, 0.2) is 0 Å². The van der Waals surface area contributed by atoms with Crippen molar-refractivity contribution in [3.05, 3.63) is 34.5 Å². The molecule has 0 aliphatic rings. The quantitative estimate of drug-likeness (QED) is 0.893. The molecule has 0 atom stereocenters. The van der Waals surface area contributed by atoms with Crippen LogP contribution in [0.15, 0.2) is 18.2 Å². The number of aromatic nitrogens is 2. The summed E-state index contributed by atoms with van der Waals surface area (Å²) in [5.74, 6) is 0.677. The average Bonchev–Trinajstić information content (AvgIpc) is 2.80. The van der Waals surface area contributed by atoms with E-state index in [-0.39, 0.29) is 0 Å². The van der Waals surface area contributed by atoms with E-state index >= 15 is 0 Å². The Hall–Kier alpha value is -1.52. The van der Waals surface area contributed by atoms with Crippen molar-refractivity contribution in [2.24, 2.45) is 5.73 Å². The van der Waals surface area contributed by atoms with Crippen molar-refractivity contribution in [1.29, 1.82) is 0 Å². The number of H-pyrrole nitrogens is 1. The van der Waals surface area contributed by atoms with Crippen molar-refractivity contribution in [1.82, 2.24) is 10.2 Å². The number of aryl methyl sites for hydroxylation is 1. The normalized spacial score (nSPS) is 10.7. The molecule has 1 heterocycles. The summed E-state index contributed by atoms with van der Waals surface area (Å²) in [6.07, 6.45) is 0.788. The Morgan fingerprint density at radius 2 is 2.17 bits per heavy atom. The highest BCUT2D eigenvalue weighted by molar-refractivity contribution is 6.32. The zero-order valence-electron chi connectivity index (χ0n) is 10.5. The number of ether oxygens (including phenoxy) is 1. The first-order chi connectivity index (χ1) is 8.65. The second-order valence-electron chi connectivity index (χ2n) is 4.12. The lowest BCUT2D eigenvalue weighted by Gasteiger charge is -2.08. The van der Waals surface area contributed by atoms with Gasteiger partial charge in [-0.05, 0) is 37.2 Å². The maximum absolute atomic E-state index is 6.14. The van der Waals surface area contributed by atoms with Crippen LogP contribution in [-0.2, 0) is 6.42 Å². The number of nitrogens with two attached hydrogens (primary N) is 1. The molecule has 0 radical (unpaired) electrons. The number of aromatic amines is 1. The van der Waals surface area contributed by atoms with E-state index in [0.29, 0.717) is 17.3 Å². The van der Waals surface area contributed by atoms with Gasteiger partial charge in [0.1, 0.15) is 5.75 Å². The molecule has 0 unspecified atom stereocenters. The molecule has 5 heteroatoms. The van der Waals surface area contributed by atoms with E-state index in [1.165, 1.54) is 0 Å². The molecule has 0 bridgehead atoms. The Morgan fingerprint density at radius 1 is 1.39 bits per heavy atom. The largest absolute Gasteiger partial charge is 0.495 e. The Labute approximate surface area is 111 Å². The first-order valence-electron chi connectivity index (χ1n) is 5.74. The minimum atomic E-state index is 0.585. The summed E-state index contributed by atoms with van der Waals surface area (Å²) in [4.78, 5) is 0. The van der Waals surface area contributed by atoms with E-state index in [4.69, 9.17) is 22.1 Å². The van der Waals surface area contributed by atoms with Gasteiger partial charge in [0.05, 0.1) is 17.8 Å². The van der Waals surface area contributed by atoms with Gasteiger partial charge in [-0.25, -0.2) is 0 Å². The van der Waals surface area contributed by atoms with Crippen LogP contribution in [0, 0.1) is 6.92 Å². The summed E-state index contributed by atoms with van der Waals surface area (Å²) >= 11 is 6.14. The molecule has 0 fully saturated rings. The van der Waals surface area contributed by atoms with Crippen LogP contribution in [0.3, 0.4) is 0 Å². The van der Waals surface area contributed by atoms with Crippen molar-refractivity contribution in [3.8, 4) is 17.0 Å². The molecular formula is C13H16ClN3O. The van der Waals surface area contributed by atoms with Crippen molar-refractivity contribution in [2.75, 3.05) is 13.7 Å². The van der Waals surface area contributed by atoms with Gasteiger partial charge in [0.25, 0.3) is 0 Å². The summed E-state index contributed by atoms with van der Waals surface area (Å²) in [5.41, 5.74) is 9.49. The molecule has 3 N–H and O–H groups in total. The van der Waals surface area contributed by atoms with Crippen LogP contribution < -0.4 is 10.5 Å². The lowest BCUT2D eigenvalue weighted by Crippen LogP contribution is -2.02. The zero-order chi connectivity index (χ0) is 13.1. The monoisotopic (exact) mass is 265 g/mol. The molecule has 0 spiro atoms. The standard InChI is InChI=1S/C13H16ClN3O/c1-8-5-13(18-2)11(14)7-10(8)12-6-9(3-4-15)16-17-12/h5-7H,3-4,15H2,1-2H3,(H,16,17). The molecule has 0 saturated carbocycles. The fraction of sp³-hybridized carbons (Fsp3) is 0.308. The number of nitrogens with zero attached hydrogens (tertiary/aromatic N) is 1. The maximum atomic E-state index is 6.14. The third kappa shape index (κ3) is 2.49. The molecule has 4 nitrogen and oxygen atoms in total. The van der Waals surface area contributed by atoms with Gasteiger partial charge in [-0.15, -0.1) is 0 Å². The van der Waals surface area contributed by atoms with E-state index in [2.05, 4.69) is 10.2 Å². The molecule has 0 amide bonds. The van der Waals surface area contributed by atoms with Gasteiger partial charge in [0, 0.05) is 17.7 Å². The van der Waals surface area contributed by atoms with Crippen LogP contribution in [0.1, 0.15) is 11.3 Å². The van der Waals surface area contributed by atoms with E-state index in [1.807, 2.05) is 25.1 Å². The van der Waals surface area contributed by atoms with Gasteiger partial charge >= 0.3 is 0 Å². The molecule has 1 aromatic carbocycles. The topological polar surface area (TPSA) is 63.9 Å². The molecule has 1 aromatic heterocycles. The molecule has 18 heavy (non-hydrogen) atoms. The second-order valence-corrected chi connectivity index (χ2v) is 4.53.